The van der Waals surface area contributed by atoms with Crippen LogP contribution in [0.1, 0.15) is 19.4 Å². The summed E-state index contributed by atoms with van der Waals surface area (Å²) in [7, 11) is 0. The van der Waals surface area contributed by atoms with Gasteiger partial charge in [-0.3, -0.25) is 0 Å². The van der Waals surface area contributed by atoms with Crippen molar-refractivity contribution in [3.05, 3.63) is 34.9 Å². The number of carbonyl (C=O) groups excluding carboxylic acids is 1. The topological polar surface area (TPSA) is 38.3 Å². The summed E-state index contributed by atoms with van der Waals surface area (Å²) >= 11 is 5.73. The maximum absolute atomic E-state index is 11.1. The molecule has 1 aromatic rings. The van der Waals surface area contributed by atoms with Crippen molar-refractivity contribution >= 4 is 17.7 Å². The number of amides is 1. The summed E-state index contributed by atoms with van der Waals surface area (Å²) in [5.74, 6) is 0. The molecule has 0 aromatic heterocycles. The Morgan fingerprint density at radius 1 is 1.40 bits per heavy atom. The van der Waals surface area contributed by atoms with Gasteiger partial charge in [-0.1, -0.05) is 23.7 Å². The lowest BCUT2D eigenvalue weighted by molar-refractivity contribution is 0.115. The third-order valence-electron chi connectivity index (χ3n) is 1.69. The molecule has 3 nitrogen and oxygen atoms in total. The minimum absolute atomic E-state index is 0.102. The van der Waals surface area contributed by atoms with E-state index in [4.69, 9.17) is 16.3 Å². The molecule has 0 aliphatic heterocycles. The van der Waals surface area contributed by atoms with Gasteiger partial charge in [-0.25, -0.2) is 4.79 Å². The van der Waals surface area contributed by atoms with Crippen LogP contribution in [0.2, 0.25) is 5.02 Å². The van der Waals surface area contributed by atoms with Crippen LogP contribution < -0.4 is 5.32 Å². The van der Waals surface area contributed by atoms with E-state index in [0.29, 0.717) is 11.6 Å². The van der Waals surface area contributed by atoms with E-state index in [1.165, 1.54) is 0 Å². The maximum atomic E-state index is 11.1. The molecular formula is C11H14ClNO2. The fourth-order valence-corrected chi connectivity index (χ4v) is 1.16. The van der Waals surface area contributed by atoms with Gasteiger partial charge in [0.05, 0.1) is 6.10 Å². The van der Waals surface area contributed by atoms with Crippen LogP contribution in [-0.4, -0.2) is 12.2 Å². The molecule has 0 aliphatic rings. The Morgan fingerprint density at radius 2 is 2.00 bits per heavy atom. The quantitative estimate of drug-likeness (QED) is 0.862. The molecule has 1 N–H and O–H groups in total. The highest BCUT2D eigenvalue weighted by atomic mass is 35.5. The van der Waals surface area contributed by atoms with Gasteiger partial charge in [0.25, 0.3) is 0 Å². The van der Waals surface area contributed by atoms with Gasteiger partial charge in [0.15, 0.2) is 0 Å². The zero-order valence-electron chi connectivity index (χ0n) is 8.79. The summed E-state index contributed by atoms with van der Waals surface area (Å²) in [6.07, 6.45) is -0.504. The molecule has 1 amide bonds. The van der Waals surface area contributed by atoms with Gasteiger partial charge in [-0.15, -0.1) is 0 Å². The maximum Gasteiger partial charge on any atom is 0.407 e. The number of carbonyl (C=O) groups is 1. The Balaban J connectivity index is 2.37. The minimum Gasteiger partial charge on any atom is -0.447 e. The first-order valence-corrected chi connectivity index (χ1v) is 5.14. The number of rotatable bonds is 3. The summed E-state index contributed by atoms with van der Waals surface area (Å²) in [5, 5.41) is 3.33. The van der Waals surface area contributed by atoms with Crippen molar-refractivity contribution in [1.29, 1.82) is 0 Å². The highest BCUT2D eigenvalue weighted by Crippen LogP contribution is 2.09. The average molecular weight is 228 g/mol. The first kappa shape index (κ1) is 11.9. The molecule has 0 unspecified atom stereocenters. The molecular weight excluding hydrogens is 214 g/mol. The van der Waals surface area contributed by atoms with Gasteiger partial charge in [-0.2, -0.15) is 0 Å². The first-order chi connectivity index (χ1) is 7.08. The largest absolute Gasteiger partial charge is 0.447 e. The van der Waals surface area contributed by atoms with E-state index in [1.54, 1.807) is 12.1 Å². The Morgan fingerprint density at radius 3 is 2.53 bits per heavy atom. The second-order valence-electron chi connectivity index (χ2n) is 3.43. The summed E-state index contributed by atoms with van der Waals surface area (Å²) in [4.78, 5) is 11.1. The molecule has 0 radical (unpaired) electrons. The Hall–Kier alpha value is -1.22. The number of nitrogens with one attached hydrogen (secondary N) is 1. The molecule has 0 atom stereocenters. The highest BCUT2D eigenvalue weighted by Gasteiger charge is 2.03. The smallest absolute Gasteiger partial charge is 0.407 e. The summed E-state index contributed by atoms with van der Waals surface area (Å²) in [5.41, 5.74) is 0.986. The molecule has 4 heteroatoms. The van der Waals surface area contributed by atoms with Crippen LogP contribution in [0.15, 0.2) is 24.3 Å². The van der Waals surface area contributed by atoms with Crippen molar-refractivity contribution in [2.75, 3.05) is 0 Å². The van der Waals surface area contributed by atoms with E-state index in [2.05, 4.69) is 5.32 Å². The average Bonchev–Trinajstić information content (AvgIpc) is 2.16. The lowest BCUT2D eigenvalue weighted by Crippen LogP contribution is -2.26. The van der Waals surface area contributed by atoms with Crippen LogP contribution in [0.4, 0.5) is 4.79 Å². The van der Waals surface area contributed by atoms with E-state index in [0.717, 1.165) is 5.56 Å². The monoisotopic (exact) mass is 227 g/mol. The second kappa shape index (κ2) is 5.61. The van der Waals surface area contributed by atoms with Crippen LogP contribution in [-0.2, 0) is 11.3 Å². The Bertz CT molecular complexity index is 322. The minimum atomic E-state index is -0.403. The molecule has 82 valence electrons. The summed E-state index contributed by atoms with van der Waals surface area (Å²) < 4.78 is 4.92. The SMILES string of the molecule is CC(C)OC(=O)NCc1ccc(Cl)cc1. The summed E-state index contributed by atoms with van der Waals surface area (Å²) in [6.45, 7) is 4.06. The predicted octanol–water partition coefficient (Wildman–Crippen LogP) is 2.97. The zero-order valence-corrected chi connectivity index (χ0v) is 9.54. The number of hydrogen-bond acceptors (Lipinski definition) is 2. The van der Waals surface area contributed by atoms with E-state index in [9.17, 15) is 4.79 Å². The van der Waals surface area contributed by atoms with Gasteiger partial charge in [0.1, 0.15) is 0 Å². The molecule has 15 heavy (non-hydrogen) atoms. The van der Waals surface area contributed by atoms with Crippen molar-refractivity contribution in [1.82, 2.24) is 5.32 Å². The van der Waals surface area contributed by atoms with Crippen LogP contribution in [0.5, 0.6) is 0 Å². The number of benzene rings is 1. The van der Waals surface area contributed by atoms with Crippen molar-refractivity contribution in [3.8, 4) is 0 Å². The third kappa shape index (κ3) is 4.70. The predicted molar refractivity (Wildman–Crippen MR) is 59.9 cm³/mol. The van der Waals surface area contributed by atoms with Crippen molar-refractivity contribution in [2.24, 2.45) is 0 Å². The van der Waals surface area contributed by atoms with Crippen LogP contribution in [0, 0.1) is 0 Å². The first-order valence-electron chi connectivity index (χ1n) is 4.77. The second-order valence-corrected chi connectivity index (χ2v) is 3.87. The van der Waals surface area contributed by atoms with Crippen molar-refractivity contribution < 1.29 is 9.53 Å². The van der Waals surface area contributed by atoms with E-state index >= 15 is 0 Å². The molecule has 1 aromatic carbocycles. The van der Waals surface area contributed by atoms with Gasteiger partial charge in [0.2, 0.25) is 0 Å². The molecule has 0 aliphatic carbocycles. The van der Waals surface area contributed by atoms with E-state index in [1.807, 2.05) is 26.0 Å². The molecule has 0 fully saturated rings. The lowest BCUT2D eigenvalue weighted by Gasteiger charge is -2.09. The van der Waals surface area contributed by atoms with Gasteiger partial charge >= 0.3 is 6.09 Å². The number of ether oxygens (including phenoxy) is 1. The number of hydrogen-bond donors (Lipinski definition) is 1. The van der Waals surface area contributed by atoms with Crippen molar-refractivity contribution in [3.63, 3.8) is 0 Å². The van der Waals surface area contributed by atoms with Gasteiger partial charge < -0.3 is 10.1 Å². The van der Waals surface area contributed by atoms with Crippen LogP contribution >= 0.6 is 11.6 Å². The van der Waals surface area contributed by atoms with E-state index in [-0.39, 0.29) is 6.10 Å². The Kier molecular flexibility index (Phi) is 4.43. The third-order valence-corrected chi connectivity index (χ3v) is 1.94. The fraction of sp³-hybridized carbons (Fsp3) is 0.364. The van der Waals surface area contributed by atoms with E-state index < -0.39 is 6.09 Å². The fourth-order valence-electron chi connectivity index (χ4n) is 1.03. The van der Waals surface area contributed by atoms with Crippen LogP contribution in [0.25, 0.3) is 0 Å². The number of halogens is 1. The Labute approximate surface area is 94.4 Å². The zero-order chi connectivity index (χ0) is 11.3. The molecule has 1 rings (SSSR count). The normalized spacial score (nSPS) is 10.1. The van der Waals surface area contributed by atoms with Crippen LogP contribution in [0.3, 0.4) is 0 Å². The van der Waals surface area contributed by atoms with Crippen molar-refractivity contribution in [2.45, 2.75) is 26.5 Å². The molecule has 0 spiro atoms. The molecule has 0 saturated carbocycles. The summed E-state index contributed by atoms with van der Waals surface area (Å²) in [6, 6.07) is 7.29. The lowest BCUT2D eigenvalue weighted by atomic mass is 10.2. The number of alkyl carbamates (subject to hydrolysis) is 1. The van der Waals surface area contributed by atoms with Gasteiger partial charge in [-0.05, 0) is 31.5 Å². The molecule has 0 saturated heterocycles. The van der Waals surface area contributed by atoms with Gasteiger partial charge in [0, 0.05) is 11.6 Å². The molecule has 0 heterocycles. The highest BCUT2D eigenvalue weighted by molar-refractivity contribution is 6.30. The standard InChI is InChI=1S/C11H14ClNO2/c1-8(2)15-11(14)13-7-9-3-5-10(12)6-4-9/h3-6,8H,7H2,1-2H3,(H,13,14). The molecule has 0 bridgehead atoms.